The zero-order valence-electron chi connectivity index (χ0n) is 14.1. The Morgan fingerprint density at radius 3 is 2.62 bits per heavy atom. The van der Waals surface area contributed by atoms with Gasteiger partial charge in [-0.25, -0.2) is 0 Å². The average Bonchev–Trinajstić information content (AvgIpc) is 2.46. The highest BCUT2D eigenvalue weighted by atomic mass is 16.5. The van der Waals surface area contributed by atoms with Crippen LogP contribution in [0.15, 0.2) is 18.2 Å². The number of phenolic OH excluding ortho intramolecular Hbond substituents is 1. The molecule has 0 spiro atoms. The lowest BCUT2D eigenvalue weighted by atomic mass is 9.95. The van der Waals surface area contributed by atoms with Crippen molar-refractivity contribution in [2.24, 2.45) is 5.92 Å². The monoisotopic (exact) mass is 294 g/mol. The number of rotatable bonds is 9. The summed E-state index contributed by atoms with van der Waals surface area (Å²) in [6.45, 7) is 9.36. The summed E-state index contributed by atoms with van der Waals surface area (Å²) in [6, 6.07) is 5.34. The molecule has 3 nitrogen and oxygen atoms in total. The van der Waals surface area contributed by atoms with Crippen LogP contribution in [-0.2, 0) is 11.3 Å². The predicted octanol–water partition coefficient (Wildman–Crippen LogP) is 4.91. The van der Waals surface area contributed by atoms with Gasteiger partial charge in [-0.2, -0.15) is 0 Å². The summed E-state index contributed by atoms with van der Waals surface area (Å²) in [7, 11) is 1.55. The second kappa shape index (κ2) is 8.28. The van der Waals surface area contributed by atoms with Crippen LogP contribution in [0.1, 0.15) is 58.9 Å². The van der Waals surface area contributed by atoms with Crippen molar-refractivity contribution in [2.45, 2.75) is 65.6 Å². The van der Waals surface area contributed by atoms with Gasteiger partial charge in [0.25, 0.3) is 0 Å². The largest absolute Gasteiger partial charge is 0.504 e. The minimum absolute atomic E-state index is 0.126. The van der Waals surface area contributed by atoms with Gasteiger partial charge in [0.2, 0.25) is 0 Å². The first-order valence-electron chi connectivity index (χ1n) is 7.87. The summed E-state index contributed by atoms with van der Waals surface area (Å²) < 4.78 is 11.1. The van der Waals surface area contributed by atoms with E-state index in [1.54, 1.807) is 13.2 Å². The summed E-state index contributed by atoms with van der Waals surface area (Å²) in [6.07, 6.45) is 4.76. The molecule has 0 aliphatic heterocycles. The smallest absolute Gasteiger partial charge is 0.160 e. The van der Waals surface area contributed by atoms with Crippen LogP contribution in [0.2, 0.25) is 0 Å². The van der Waals surface area contributed by atoms with E-state index in [2.05, 4.69) is 27.7 Å². The third-order valence-electron chi connectivity index (χ3n) is 4.05. The van der Waals surface area contributed by atoms with Gasteiger partial charge in [0, 0.05) is 0 Å². The van der Waals surface area contributed by atoms with Crippen molar-refractivity contribution in [1.29, 1.82) is 0 Å². The first-order valence-corrected chi connectivity index (χ1v) is 7.87. The van der Waals surface area contributed by atoms with Crippen molar-refractivity contribution in [1.82, 2.24) is 0 Å². The SMILES string of the molecule is CCC(C)CCCC(C)(C)OCc1ccc(O)c(OC)c1. The zero-order valence-corrected chi connectivity index (χ0v) is 14.1. The van der Waals surface area contributed by atoms with Gasteiger partial charge in [-0.1, -0.05) is 39.2 Å². The lowest BCUT2D eigenvalue weighted by Gasteiger charge is -2.26. The molecule has 1 rings (SSSR count). The average molecular weight is 294 g/mol. The standard InChI is InChI=1S/C18H30O3/c1-6-14(2)8-7-11-18(3,4)21-13-15-9-10-16(19)17(12-15)20-5/h9-10,12,14,19H,6-8,11,13H2,1-5H3. The molecule has 1 aromatic rings. The molecular weight excluding hydrogens is 264 g/mol. The number of benzene rings is 1. The van der Waals surface area contributed by atoms with E-state index in [-0.39, 0.29) is 11.4 Å². The molecule has 1 N–H and O–H groups in total. The molecule has 120 valence electrons. The number of aromatic hydroxyl groups is 1. The van der Waals surface area contributed by atoms with Crippen LogP contribution in [0.25, 0.3) is 0 Å². The Hall–Kier alpha value is -1.22. The molecule has 3 heteroatoms. The summed E-state index contributed by atoms with van der Waals surface area (Å²) in [5.74, 6) is 1.45. The van der Waals surface area contributed by atoms with Gasteiger partial charge in [-0.3, -0.25) is 0 Å². The first kappa shape index (κ1) is 17.8. The number of methoxy groups -OCH3 is 1. The fourth-order valence-corrected chi connectivity index (χ4v) is 2.24. The molecule has 0 heterocycles. The van der Waals surface area contributed by atoms with E-state index >= 15 is 0 Å². The number of hydrogen-bond donors (Lipinski definition) is 1. The minimum Gasteiger partial charge on any atom is -0.504 e. The summed E-state index contributed by atoms with van der Waals surface area (Å²) in [5, 5.41) is 9.59. The van der Waals surface area contributed by atoms with Crippen molar-refractivity contribution >= 4 is 0 Å². The van der Waals surface area contributed by atoms with Crippen LogP contribution in [-0.4, -0.2) is 17.8 Å². The molecule has 0 bridgehead atoms. The van der Waals surface area contributed by atoms with Gasteiger partial charge in [-0.15, -0.1) is 0 Å². The molecule has 0 aliphatic rings. The molecule has 1 unspecified atom stereocenters. The fraction of sp³-hybridized carbons (Fsp3) is 0.667. The number of ether oxygens (including phenoxy) is 2. The highest BCUT2D eigenvalue weighted by Crippen LogP contribution is 2.28. The van der Waals surface area contributed by atoms with E-state index in [9.17, 15) is 5.11 Å². The van der Waals surface area contributed by atoms with Gasteiger partial charge in [0.15, 0.2) is 11.5 Å². The Labute approximate surface area is 129 Å². The third kappa shape index (κ3) is 6.38. The Balaban J connectivity index is 2.45. The maximum Gasteiger partial charge on any atom is 0.160 e. The van der Waals surface area contributed by atoms with E-state index < -0.39 is 0 Å². The van der Waals surface area contributed by atoms with E-state index in [4.69, 9.17) is 9.47 Å². The highest BCUT2D eigenvalue weighted by molar-refractivity contribution is 5.41. The molecule has 0 aliphatic carbocycles. The Morgan fingerprint density at radius 1 is 1.29 bits per heavy atom. The van der Waals surface area contributed by atoms with Gasteiger partial charge in [0.05, 0.1) is 19.3 Å². The fourth-order valence-electron chi connectivity index (χ4n) is 2.24. The van der Waals surface area contributed by atoms with E-state index in [1.165, 1.54) is 19.3 Å². The maximum absolute atomic E-state index is 9.59. The normalized spacial score (nSPS) is 13.2. The molecular formula is C18H30O3. The van der Waals surface area contributed by atoms with Crippen molar-refractivity contribution in [3.63, 3.8) is 0 Å². The van der Waals surface area contributed by atoms with Crippen molar-refractivity contribution in [2.75, 3.05) is 7.11 Å². The Morgan fingerprint density at radius 2 is 2.00 bits per heavy atom. The topological polar surface area (TPSA) is 38.7 Å². The van der Waals surface area contributed by atoms with Crippen molar-refractivity contribution < 1.29 is 14.6 Å². The molecule has 0 saturated heterocycles. The molecule has 0 fully saturated rings. The molecule has 0 saturated carbocycles. The second-order valence-corrected chi connectivity index (χ2v) is 6.46. The number of phenols is 1. The van der Waals surface area contributed by atoms with Crippen LogP contribution >= 0.6 is 0 Å². The van der Waals surface area contributed by atoms with E-state index in [0.717, 1.165) is 17.9 Å². The van der Waals surface area contributed by atoms with Gasteiger partial charge in [0.1, 0.15) is 0 Å². The lowest BCUT2D eigenvalue weighted by Crippen LogP contribution is -2.24. The van der Waals surface area contributed by atoms with E-state index in [0.29, 0.717) is 12.4 Å². The molecule has 1 atom stereocenters. The number of hydrogen-bond acceptors (Lipinski definition) is 3. The van der Waals surface area contributed by atoms with Crippen LogP contribution in [0.5, 0.6) is 11.5 Å². The molecule has 0 amide bonds. The second-order valence-electron chi connectivity index (χ2n) is 6.46. The van der Waals surface area contributed by atoms with Gasteiger partial charge < -0.3 is 14.6 Å². The van der Waals surface area contributed by atoms with Crippen LogP contribution in [0.4, 0.5) is 0 Å². The van der Waals surface area contributed by atoms with Crippen LogP contribution in [0, 0.1) is 5.92 Å². The molecule has 1 aromatic carbocycles. The summed E-state index contributed by atoms with van der Waals surface area (Å²) in [4.78, 5) is 0. The van der Waals surface area contributed by atoms with Crippen molar-refractivity contribution in [3.8, 4) is 11.5 Å². The highest BCUT2D eigenvalue weighted by Gasteiger charge is 2.18. The van der Waals surface area contributed by atoms with Crippen LogP contribution in [0.3, 0.4) is 0 Å². The summed E-state index contributed by atoms with van der Waals surface area (Å²) in [5.41, 5.74) is 0.887. The maximum atomic E-state index is 9.59. The van der Waals surface area contributed by atoms with Crippen molar-refractivity contribution in [3.05, 3.63) is 23.8 Å². The van der Waals surface area contributed by atoms with E-state index in [1.807, 2.05) is 12.1 Å². The first-order chi connectivity index (χ1) is 9.88. The van der Waals surface area contributed by atoms with Gasteiger partial charge in [-0.05, 0) is 43.9 Å². The zero-order chi connectivity index (χ0) is 15.9. The third-order valence-corrected chi connectivity index (χ3v) is 4.05. The minimum atomic E-state index is -0.126. The molecule has 0 radical (unpaired) electrons. The van der Waals surface area contributed by atoms with Gasteiger partial charge >= 0.3 is 0 Å². The van der Waals surface area contributed by atoms with Crippen LogP contribution < -0.4 is 4.74 Å². The summed E-state index contributed by atoms with van der Waals surface area (Å²) >= 11 is 0. The quantitative estimate of drug-likeness (QED) is 0.703. The molecule has 0 aromatic heterocycles. The molecule has 21 heavy (non-hydrogen) atoms. The Kier molecular flexibility index (Phi) is 7.03. The predicted molar refractivity (Wildman–Crippen MR) is 86.8 cm³/mol. The Bertz CT molecular complexity index is 426. The lowest BCUT2D eigenvalue weighted by molar-refractivity contribution is -0.0369.